The first-order valence-corrected chi connectivity index (χ1v) is 11.2. The number of allylic oxidation sites excluding steroid dienone is 2. The van der Waals surface area contributed by atoms with Crippen molar-refractivity contribution in [3.63, 3.8) is 0 Å². The van der Waals surface area contributed by atoms with E-state index in [4.69, 9.17) is 4.74 Å². The van der Waals surface area contributed by atoms with Gasteiger partial charge in [-0.3, -0.25) is 10.9 Å². The first-order chi connectivity index (χ1) is 15.7. The van der Waals surface area contributed by atoms with Gasteiger partial charge in [-0.2, -0.15) is 0 Å². The van der Waals surface area contributed by atoms with Crippen molar-refractivity contribution in [1.29, 1.82) is 0 Å². The highest BCUT2D eigenvalue weighted by Gasteiger charge is 2.18. The third kappa shape index (κ3) is 5.11. The summed E-state index contributed by atoms with van der Waals surface area (Å²) < 4.78 is 21.5. The third-order valence-electron chi connectivity index (χ3n) is 5.08. The molecule has 1 saturated heterocycles. The molecule has 0 spiro atoms. The van der Waals surface area contributed by atoms with Crippen molar-refractivity contribution >= 4 is 28.8 Å². The molecular weight excluding hydrogens is 433 g/mol. The summed E-state index contributed by atoms with van der Waals surface area (Å²) >= 11 is 1.41. The van der Waals surface area contributed by atoms with Crippen LogP contribution in [0.4, 0.5) is 14.9 Å². The van der Waals surface area contributed by atoms with Gasteiger partial charge in [0.05, 0.1) is 24.6 Å². The highest BCUT2D eigenvalue weighted by Crippen LogP contribution is 2.19. The molecule has 9 nitrogen and oxygen atoms in total. The van der Waals surface area contributed by atoms with Gasteiger partial charge in [0.1, 0.15) is 17.3 Å². The number of carbonyl (C=O) groups excluding carboxylic acids is 1. The molecule has 0 unspecified atom stereocenters. The van der Waals surface area contributed by atoms with Crippen LogP contribution in [-0.4, -0.2) is 55.4 Å². The number of nitrogens with one attached hydrogen (secondary N) is 4. The standard InChI is InChI=1S/C21H26FN7O2S/c1-23-20(30)24-8-9-29-18(14-32-21(29)25-16-5-3-2-4-15(16)22)17-6-7-19(27-26-17)28-10-12-31-13-11-28/h2-7,14,26-27H,8-13H2,1H3,(H2,23,24,30). The second-order valence-electron chi connectivity index (χ2n) is 7.11. The fraction of sp³-hybridized carbons (Fsp3) is 0.333. The largest absolute Gasteiger partial charge is 0.378 e. The minimum Gasteiger partial charge on any atom is -0.378 e. The molecule has 1 aromatic carbocycles. The van der Waals surface area contributed by atoms with E-state index in [0.29, 0.717) is 31.1 Å². The van der Waals surface area contributed by atoms with Crippen LogP contribution in [0.5, 0.6) is 0 Å². The molecule has 170 valence electrons. The summed E-state index contributed by atoms with van der Waals surface area (Å²) in [6.07, 6.45) is 4.02. The first-order valence-electron chi connectivity index (χ1n) is 10.4. The van der Waals surface area contributed by atoms with Crippen molar-refractivity contribution in [3.8, 4) is 0 Å². The minimum atomic E-state index is -0.382. The second kappa shape index (κ2) is 10.3. The summed E-state index contributed by atoms with van der Waals surface area (Å²) in [5.74, 6) is 0.601. The number of thiazole rings is 1. The van der Waals surface area contributed by atoms with Crippen LogP contribution in [0.1, 0.15) is 5.69 Å². The molecule has 0 atom stereocenters. The van der Waals surface area contributed by atoms with E-state index in [0.717, 1.165) is 30.3 Å². The summed E-state index contributed by atoms with van der Waals surface area (Å²) in [6, 6.07) is 6.15. The lowest BCUT2D eigenvalue weighted by Crippen LogP contribution is -2.45. The van der Waals surface area contributed by atoms with Crippen molar-refractivity contribution in [2.24, 2.45) is 4.99 Å². The smallest absolute Gasteiger partial charge is 0.314 e. The molecule has 0 radical (unpaired) electrons. The Bertz CT molecular complexity index is 1090. The highest BCUT2D eigenvalue weighted by atomic mass is 32.1. The quantitative estimate of drug-likeness (QED) is 0.525. The molecule has 2 aliphatic heterocycles. The van der Waals surface area contributed by atoms with E-state index in [9.17, 15) is 9.18 Å². The maximum absolute atomic E-state index is 14.2. The van der Waals surface area contributed by atoms with E-state index in [1.165, 1.54) is 17.4 Å². The molecule has 1 fully saturated rings. The van der Waals surface area contributed by atoms with Crippen LogP contribution in [-0.2, 0) is 11.3 Å². The normalized spacial score (nSPS) is 16.6. The Morgan fingerprint density at radius 2 is 2.06 bits per heavy atom. The van der Waals surface area contributed by atoms with Crippen LogP contribution in [0.2, 0.25) is 0 Å². The molecular formula is C21H26FN7O2S. The number of hydrogen-bond donors (Lipinski definition) is 4. The number of nitrogens with zero attached hydrogens (tertiary/aromatic N) is 3. The number of urea groups is 1. The molecule has 2 amide bonds. The van der Waals surface area contributed by atoms with E-state index < -0.39 is 0 Å². The molecule has 11 heteroatoms. The molecule has 4 rings (SSSR count). The number of hydrazine groups is 1. The minimum absolute atomic E-state index is 0.260. The van der Waals surface area contributed by atoms with E-state index in [1.807, 2.05) is 22.1 Å². The van der Waals surface area contributed by atoms with Crippen LogP contribution in [0.15, 0.2) is 52.6 Å². The summed E-state index contributed by atoms with van der Waals surface area (Å²) in [6.45, 7) is 3.94. The van der Waals surface area contributed by atoms with Crippen LogP contribution in [0.25, 0.3) is 5.70 Å². The zero-order valence-corrected chi connectivity index (χ0v) is 18.5. The lowest BCUT2D eigenvalue weighted by molar-refractivity contribution is 0.0496. The van der Waals surface area contributed by atoms with E-state index in [-0.39, 0.29) is 17.5 Å². The van der Waals surface area contributed by atoms with Gasteiger partial charge in [0, 0.05) is 38.6 Å². The average molecular weight is 460 g/mol. The molecule has 0 bridgehead atoms. The van der Waals surface area contributed by atoms with Gasteiger partial charge in [0.25, 0.3) is 0 Å². The fourth-order valence-electron chi connectivity index (χ4n) is 3.38. The Morgan fingerprint density at radius 1 is 1.25 bits per heavy atom. The Kier molecular flexibility index (Phi) is 7.07. The lowest BCUT2D eigenvalue weighted by atomic mass is 10.2. The lowest BCUT2D eigenvalue weighted by Gasteiger charge is -2.33. The predicted molar refractivity (Wildman–Crippen MR) is 121 cm³/mol. The second-order valence-corrected chi connectivity index (χ2v) is 7.94. The van der Waals surface area contributed by atoms with Gasteiger partial charge < -0.3 is 24.8 Å². The van der Waals surface area contributed by atoms with Crippen molar-refractivity contribution in [2.45, 2.75) is 6.54 Å². The Balaban J connectivity index is 1.63. The van der Waals surface area contributed by atoms with Gasteiger partial charge in [-0.15, -0.1) is 11.3 Å². The number of ether oxygens (including phenoxy) is 1. The van der Waals surface area contributed by atoms with Crippen LogP contribution >= 0.6 is 11.3 Å². The number of morpholine rings is 1. The topological polar surface area (TPSA) is 95.0 Å². The molecule has 2 aliphatic rings. The number of hydrogen-bond acceptors (Lipinski definition) is 7. The molecule has 4 N–H and O–H groups in total. The average Bonchev–Trinajstić information content (AvgIpc) is 3.23. The van der Waals surface area contributed by atoms with Crippen LogP contribution < -0.4 is 26.3 Å². The Hall–Kier alpha value is -3.31. The summed E-state index contributed by atoms with van der Waals surface area (Å²) in [4.78, 5) is 19.0. The van der Waals surface area contributed by atoms with E-state index >= 15 is 0 Å². The molecule has 0 saturated carbocycles. The van der Waals surface area contributed by atoms with Gasteiger partial charge in [0.15, 0.2) is 4.80 Å². The molecule has 0 aliphatic carbocycles. The van der Waals surface area contributed by atoms with Gasteiger partial charge in [-0.05, 0) is 24.3 Å². The maximum atomic E-state index is 14.2. The van der Waals surface area contributed by atoms with Crippen molar-refractivity contribution in [1.82, 2.24) is 31.0 Å². The monoisotopic (exact) mass is 459 g/mol. The van der Waals surface area contributed by atoms with Crippen LogP contribution in [0.3, 0.4) is 0 Å². The summed E-state index contributed by atoms with van der Waals surface area (Å²) in [5.41, 5.74) is 8.51. The Labute approximate surface area is 189 Å². The predicted octanol–water partition coefficient (Wildman–Crippen LogP) is 1.47. The van der Waals surface area contributed by atoms with Crippen molar-refractivity contribution < 1.29 is 13.9 Å². The number of carbonyl (C=O) groups is 1. The summed E-state index contributed by atoms with van der Waals surface area (Å²) in [5, 5.41) is 7.29. The van der Waals surface area contributed by atoms with Gasteiger partial charge in [-0.25, -0.2) is 14.2 Å². The number of para-hydroxylation sites is 1. The fourth-order valence-corrected chi connectivity index (χ4v) is 4.32. The molecule has 3 heterocycles. The van der Waals surface area contributed by atoms with Gasteiger partial charge in [-0.1, -0.05) is 12.1 Å². The molecule has 1 aromatic heterocycles. The SMILES string of the molecule is CNC(=O)NCCn1c(C2=CC=C(N3CCOCC3)NN2)csc1=Nc1ccccc1F. The van der Waals surface area contributed by atoms with Gasteiger partial charge in [0.2, 0.25) is 0 Å². The van der Waals surface area contributed by atoms with Crippen LogP contribution in [0, 0.1) is 5.82 Å². The number of halogens is 1. The van der Waals surface area contributed by atoms with Crippen molar-refractivity contribution in [2.75, 3.05) is 39.9 Å². The number of amides is 2. The molecule has 2 aromatic rings. The maximum Gasteiger partial charge on any atom is 0.314 e. The summed E-state index contributed by atoms with van der Waals surface area (Å²) in [7, 11) is 1.57. The van der Waals surface area contributed by atoms with Gasteiger partial charge >= 0.3 is 6.03 Å². The number of benzene rings is 1. The van der Waals surface area contributed by atoms with Crippen molar-refractivity contribution in [3.05, 3.63) is 63.9 Å². The van der Waals surface area contributed by atoms with E-state index in [1.54, 1.807) is 25.2 Å². The number of aromatic nitrogens is 1. The zero-order chi connectivity index (χ0) is 22.3. The molecule has 32 heavy (non-hydrogen) atoms. The highest BCUT2D eigenvalue weighted by molar-refractivity contribution is 7.07. The number of rotatable bonds is 6. The Morgan fingerprint density at radius 3 is 2.78 bits per heavy atom. The van der Waals surface area contributed by atoms with E-state index in [2.05, 4.69) is 31.4 Å². The zero-order valence-electron chi connectivity index (χ0n) is 17.7. The first kappa shape index (κ1) is 21.9. The third-order valence-corrected chi connectivity index (χ3v) is 5.94.